The average Bonchev–Trinajstić information content (AvgIpc) is 3.47. The lowest BCUT2D eigenvalue weighted by atomic mass is 9.95. The minimum Gasteiger partial charge on any atom is -0.508 e. The van der Waals surface area contributed by atoms with E-state index in [0.29, 0.717) is 19.4 Å². The van der Waals surface area contributed by atoms with Gasteiger partial charge in [-0.15, -0.1) is 6.42 Å². The van der Waals surface area contributed by atoms with E-state index in [4.69, 9.17) is 15.9 Å². The molecular weight excluding hydrogens is 642 g/mol. The van der Waals surface area contributed by atoms with E-state index in [-0.39, 0.29) is 41.5 Å². The highest BCUT2D eigenvalue weighted by molar-refractivity contribution is 6.04. The fourth-order valence-corrected chi connectivity index (χ4v) is 6.91. The van der Waals surface area contributed by atoms with Gasteiger partial charge in [0, 0.05) is 23.9 Å². The van der Waals surface area contributed by atoms with E-state index < -0.39 is 93.7 Å². The van der Waals surface area contributed by atoms with Crippen LogP contribution in [-0.4, -0.2) is 81.7 Å². The first-order valence-electron chi connectivity index (χ1n) is 14.4. The molecule has 0 bridgehead atoms. The normalized spacial score (nSPS) is 22.9. The summed E-state index contributed by atoms with van der Waals surface area (Å²) in [5, 5.41) is 9.76. The lowest BCUT2D eigenvalue weighted by molar-refractivity contribution is -0.144. The summed E-state index contributed by atoms with van der Waals surface area (Å²) in [6, 6.07) is 1.09. The molecule has 4 aromatic rings. The minimum absolute atomic E-state index is 0.0764. The van der Waals surface area contributed by atoms with Crippen molar-refractivity contribution in [3.8, 4) is 41.2 Å². The molecule has 2 aromatic carbocycles. The van der Waals surface area contributed by atoms with E-state index in [9.17, 15) is 35.8 Å². The Labute approximate surface area is 260 Å². The Morgan fingerprint density at radius 1 is 1.15 bits per heavy atom. The van der Waals surface area contributed by atoms with E-state index in [0.717, 1.165) is 12.1 Å². The number of pyridine rings is 1. The number of alkyl halides is 6. The number of terminal acetylenes is 1. The minimum atomic E-state index is -5.46. The highest BCUT2D eigenvalue weighted by Gasteiger charge is 2.51. The summed E-state index contributed by atoms with van der Waals surface area (Å²) in [5.74, 6) is -2.44. The summed E-state index contributed by atoms with van der Waals surface area (Å²) in [7, 11) is 0. The van der Waals surface area contributed by atoms with Crippen LogP contribution in [-0.2, 0) is 0 Å². The van der Waals surface area contributed by atoms with E-state index >= 15 is 4.39 Å². The molecule has 2 aromatic heterocycles. The van der Waals surface area contributed by atoms with Gasteiger partial charge < -0.3 is 14.6 Å². The van der Waals surface area contributed by atoms with Crippen LogP contribution in [0.3, 0.4) is 0 Å². The van der Waals surface area contributed by atoms with Crippen LogP contribution < -0.4 is 14.4 Å². The third-order valence-electron chi connectivity index (χ3n) is 8.91. The third kappa shape index (κ3) is 4.98. The zero-order chi connectivity index (χ0) is 33.4. The van der Waals surface area contributed by atoms with Gasteiger partial charge in [-0.2, -0.15) is 23.1 Å². The molecule has 0 amide bonds. The monoisotopic (exact) mass is 665 g/mol. The second kappa shape index (κ2) is 11.0. The molecule has 7 rings (SSSR count). The van der Waals surface area contributed by atoms with Gasteiger partial charge in [0.2, 0.25) is 5.88 Å². The van der Waals surface area contributed by atoms with Crippen molar-refractivity contribution < 1.29 is 49.7 Å². The van der Waals surface area contributed by atoms with Gasteiger partial charge in [-0.3, -0.25) is 9.80 Å². The first kappa shape index (κ1) is 31.0. The zero-order valence-electron chi connectivity index (χ0n) is 24.1. The number of fused-ring (bicyclic) bond motifs is 2. The van der Waals surface area contributed by atoms with Gasteiger partial charge in [-0.05, 0) is 43.0 Å². The van der Waals surface area contributed by atoms with E-state index in [1.165, 1.54) is 12.1 Å². The number of halogens is 8. The Hall–Kier alpha value is -4.65. The number of phenols is 1. The average molecular weight is 666 g/mol. The molecule has 0 radical (unpaired) electrons. The molecule has 5 heterocycles. The van der Waals surface area contributed by atoms with Crippen molar-refractivity contribution in [2.24, 2.45) is 0 Å². The summed E-state index contributed by atoms with van der Waals surface area (Å²) < 4.78 is 129. The van der Waals surface area contributed by atoms with Crippen molar-refractivity contribution in [3.05, 3.63) is 41.5 Å². The fourth-order valence-electron chi connectivity index (χ4n) is 6.91. The van der Waals surface area contributed by atoms with Crippen molar-refractivity contribution >= 4 is 27.5 Å². The smallest absolute Gasteiger partial charge is 0.486 e. The Morgan fingerprint density at radius 2 is 1.94 bits per heavy atom. The second-order valence-electron chi connectivity index (χ2n) is 11.7. The first-order chi connectivity index (χ1) is 22.3. The number of nitrogens with zero attached hydrogens (tertiary/aromatic N) is 5. The molecule has 2 fully saturated rings. The molecule has 47 heavy (non-hydrogen) atoms. The molecule has 3 atom stereocenters. The molecule has 1 N–H and O–H groups in total. The van der Waals surface area contributed by atoms with Crippen LogP contribution in [0.15, 0.2) is 24.3 Å². The van der Waals surface area contributed by atoms with E-state index in [2.05, 4.69) is 20.9 Å². The lowest BCUT2D eigenvalue weighted by Crippen LogP contribution is -2.52. The largest absolute Gasteiger partial charge is 0.508 e. The summed E-state index contributed by atoms with van der Waals surface area (Å²) in [5.41, 5.74) is -2.95. The number of hydrogen-bond acceptors (Lipinski definition) is 8. The van der Waals surface area contributed by atoms with Gasteiger partial charge in [0.05, 0.1) is 11.1 Å². The summed E-state index contributed by atoms with van der Waals surface area (Å²) in [6.07, 6.45) is -3.41. The number of ether oxygens (including phenoxy) is 2. The number of aromatic hydroxyl groups is 1. The van der Waals surface area contributed by atoms with Gasteiger partial charge in [0.1, 0.15) is 53.6 Å². The van der Waals surface area contributed by atoms with E-state index in [1.807, 2.05) is 4.90 Å². The van der Waals surface area contributed by atoms with Gasteiger partial charge in [-0.25, -0.2) is 26.9 Å². The van der Waals surface area contributed by atoms with Crippen LogP contribution in [0.25, 0.3) is 32.9 Å². The predicted octanol–water partition coefficient (Wildman–Crippen LogP) is 6.12. The van der Waals surface area contributed by atoms with Crippen molar-refractivity contribution in [1.29, 1.82) is 0 Å². The first-order valence-corrected chi connectivity index (χ1v) is 14.4. The SMILES string of the molecule is C#Cc1c(F)ccc2cc(O)cc(-c3nc4c5c(nc(OC[C@@]67CCCN6C[C@H](F)C7)nc5c3F)N(C(F)(F)F)C(C(F)F)CO4)c12. The molecule has 16 heteroatoms. The molecule has 0 spiro atoms. The highest BCUT2D eigenvalue weighted by atomic mass is 19.4. The number of phenolic OH excluding ortho intramolecular Hbond substituents is 1. The van der Waals surface area contributed by atoms with Crippen molar-refractivity contribution in [2.45, 2.75) is 49.7 Å². The summed E-state index contributed by atoms with van der Waals surface area (Å²) in [6.45, 7) is -0.826. The number of anilines is 1. The molecule has 2 saturated heterocycles. The highest BCUT2D eigenvalue weighted by Crippen LogP contribution is 2.46. The maximum absolute atomic E-state index is 16.7. The van der Waals surface area contributed by atoms with Crippen molar-refractivity contribution in [1.82, 2.24) is 19.9 Å². The van der Waals surface area contributed by atoms with Crippen LogP contribution in [0.4, 0.5) is 40.9 Å². The maximum Gasteiger partial charge on any atom is 0.486 e. The maximum atomic E-state index is 16.7. The molecule has 0 aliphatic carbocycles. The Morgan fingerprint density at radius 3 is 2.66 bits per heavy atom. The number of rotatable bonds is 5. The molecule has 1 unspecified atom stereocenters. The second-order valence-corrected chi connectivity index (χ2v) is 11.7. The van der Waals surface area contributed by atoms with Crippen molar-refractivity contribution in [2.75, 3.05) is 31.2 Å². The zero-order valence-corrected chi connectivity index (χ0v) is 24.1. The summed E-state index contributed by atoms with van der Waals surface area (Å²) >= 11 is 0. The topological polar surface area (TPSA) is 83.8 Å². The number of aromatic nitrogens is 3. The van der Waals surface area contributed by atoms with Crippen LogP contribution in [0.5, 0.6) is 17.6 Å². The van der Waals surface area contributed by atoms with Gasteiger partial charge >= 0.3 is 12.3 Å². The van der Waals surface area contributed by atoms with Crippen LogP contribution >= 0.6 is 0 Å². The molecule has 8 nitrogen and oxygen atoms in total. The van der Waals surface area contributed by atoms with Gasteiger partial charge in [-0.1, -0.05) is 12.0 Å². The van der Waals surface area contributed by atoms with Gasteiger partial charge in [0.15, 0.2) is 11.6 Å². The molecule has 246 valence electrons. The lowest BCUT2D eigenvalue weighted by Gasteiger charge is -2.32. The Balaban J connectivity index is 1.48. The molecule has 3 aliphatic heterocycles. The van der Waals surface area contributed by atoms with Crippen molar-refractivity contribution in [3.63, 3.8) is 0 Å². The number of hydrogen-bond donors (Lipinski definition) is 1. The Bertz CT molecular complexity index is 1970. The van der Waals surface area contributed by atoms with Crippen LogP contribution in [0, 0.1) is 24.0 Å². The molecule has 3 aliphatic rings. The Kier molecular flexibility index (Phi) is 7.23. The number of benzene rings is 2. The van der Waals surface area contributed by atoms with Gasteiger partial charge in [0.25, 0.3) is 6.43 Å². The van der Waals surface area contributed by atoms with E-state index in [1.54, 1.807) is 0 Å². The molecule has 0 saturated carbocycles. The standard InChI is InChI=1S/C31H23F8N5O3/c1-2-17-19(33)5-4-14-8-16(45)9-18(21(14)17)24-23(34)25-22-27(44(31(37,38)39)20(26(35)36)12-46-28(22)40-24)42-29(41-25)47-13-30-6-3-7-43(30)11-15(32)10-30/h1,4-5,8-9,15,20,26,45H,3,6-7,10-13H2/t15-,20?,30+/m1/s1. The fraction of sp³-hybridized carbons (Fsp3) is 0.387. The predicted molar refractivity (Wildman–Crippen MR) is 152 cm³/mol. The third-order valence-corrected chi connectivity index (χ3v) is 8.91. The quantitative estimate of drug-likeness (QED) is 0.155. The summed E-state index contributed by atoms with van der Waals surface area (Å²) in [4.78, 5) is 13.1. The van der Waals surface area contributed by atoms with Crippen LogP contribution in [0.2, 0.25) is 0 Å². The molecular formula is C31H23F8N5O3. The van der Waals surface area contributed by atoms with Crippen LogP contribution in [0.1, 0.15) is 24.8 Å².